The number of nitrogens with one attached hydrogen (secondary N) is 2. The van der Waals surface area contributed by atoms with E-state index in [0.29, 0.717) is 11.4 Å². The van der Waals surface area contributed by atoms with Crippen molar-refractivity contribution in [2.24, 2.45) is 5.84 Å². The van der Waals surface area contributed by atoms with Crippen LogP contribution in [0.4, 0.5) is 0 Å². The predicted octanol–water partition coefficient (Wildman–Crippen LogP) is 1.86. The minimum atomic E-state index is -0.400. The van der Waals surface area contributed by atoms with E-state index in [1.165, 1.54) is 0 Å². The molecule has 0 saturated carbocycles. The van der Waals surface area contributed by atoms with E-state index in [0.717, 1.165) is 30.8 Å². The van der Waals surface area contributed by atoms with Gasteiger partial charge >= 0.3 is 0 Å². The number of benzene rings is 1. The Kier molecular flexibility index (Phi) is 4.73. The highest BCUT2D eigenvalue weighted by Crippen LogP contribution is 2.21. The van der Waals surface area contributed by atoms with Crippen molar-refractivity contribution in [2.45, 2.75) is 19.8 Å². The van der Waals surface area contributed by atoms with Crippen LogP contribution in [0, 0.1) is 0 Å². The molecule has 0 saturated heterocycles. The quantitative estimate of drug-likeness (QED) is 0.324. The lowest BCUT2D eigenvalue weighted by Crippen LogP contribution is -2.30. The zero-order chi connectivity index (χ0) is 14.4. The summed E-state index contributed by atoms with van der Waals surface area (Å²) in [5.41, 5.74) is 3.97. The number of aromatic amines is 1. The van der Waals surface area contributed by atoms with E-state index in [9.17, 15) is 4.79 Å². The molecule has 1 heterocycles. The normalized spacial score (nSPS) is 10.3. The summed E-state index contributed by atoms with van der Waals surface area (Å²) in [6.07, 6.45) is 2.15. The molecule has 0 unspecified atom stereocenters. The third kappa shape index (κ3) is 3.36. The zero-order valence-corrected chi connectivity index (χ0v) is 11.3. The van der Waals surface area contributed by atoms with Crippen molar-refractivity contribution in [1.29, 1.82) is 0 Å². The van der Waals surface area contributed by atoms with Gasteiger partial charge in [-0.05, 0) is 36.8 Å². The fraction of sp³-hybridized carbons (Fsp3) is 0.286. The van der Waals surface area contributed by atoms with E-state index < -0.39 is 5.91 Å². The van der Waals surface area contributed by atoms with Gasteiger partial charge in [0, 0.05) is 5.56 Å². The monoisotopic (exact) mass is 274 g/mol. The molecule has 2 rings (SSSR count). The topological polar surface area (TPSA) is 93.0 Å². The Labute approximate surface area is 117 Å². The van der Waals surface area contributed by atoms with E-state index in [4.69, 9.17) is 10.6 Å². The third-order valence-electron chi connectivity index (χ3n) is 2.87. The van der Waals surface area contributed by atoms with Gasteiger partial charge in [0.2, 0.25) is 0 Å². The Hall–Kier alpha value is -2.34. The van der Waals surface area contributed by atoms with Gasteiger partial charge in [-0.15, -0.1) is 0 Å². The van der Waals surface area contributed by atoms with Gasteiger partial charge < -0.3 is 4.74 Å². The van der Waals surface area contributed by atoms with Crippen LogP contribution < -0.4 is 16.0 Å². The lowest BCUT2D eigenvalue weighted by atomic mass is 10.1. The average Bonchev–Trinajstić information content (AvgIpc) is 2.97. The Bertz CT molecular complexity index is 563. The lowest BCUT2D eigenvalue weighted by Gasteiger charge is -2.05. The number of unbranched alkanes of at least 4 members (excludes halogenated alkanes) is 1. The van der Waals surface area contributed by atoms with Gasteiger partial charge in [-0.1, -0.05) is 13.3 Å². The first-order valence-corrected chi connectivity index (χ1v) is 6.54. The van der Waals surface area contributed by atoms with Crippen molar-refractivity contribution in [1.82, 2.24) is 15.6 Å². The zero-order valence-electron chi connectivity index (χ0n) is 11.3. The Morgan fingerprint density at radius 2 is 2.15 bits per heavy atom. The Morgan fingerprint density at radius 3 is 2.80 bits per heavy atom. The SMILES string of the molecule is CCCCOc1ccc(-c2cc(C(=O)NN)[nH]n2)cc1. The first-order valence-electron chi connectivity index (χ1n) is 6.54. The van der Waals surface area contributed by atoms with Gasteiger partial charge in [0.1, 0.15) is 11.4 Å². The van der Waals surface area contributed by atoms with Crippen LogP contribution in [0.3, 0.4) is 0 Å². The standard InChI is InChI=1S/C14H18N4O2/c1-2-3-8-20-11-6-4-10(5-7-11)12-9-13(18-17-12)14(19)16-15/h4-7,9H,2-3,8,15H2,1H3,(H,16,19)(H,17,18). The summed E-state index contributed by atoms with van der Waals surface area (Å²) in [6, 6.07) is 9.24. The van der Waals surface area contributed by atoms with Crippen molar-refractivity contribution in [3.8, 4) is 17.0 Å². The molecule has 0 radical (unpaired) electrons. The molecule has 6 heteroatoms. The fourth-order valence-electron chi connectivity index (χ4n) is 1.72. The van der Waals surface area contributed by atoms with Gasteiger partial charge in [-0.2, -0.15) is 5.10 Å². The van der Waals surface area contributed by atoms with E-state index in [1.54, 1.807) is 6.07 Å². The number of hydrazine groups is 1. The van der Waals surface area contributed by atoms with Crippen molar-refractivity contribution in [3.05, 3.63) is 36.0 Å². The molecule has 4 N–H and O–H groups in total. The number of hydrogen-bond donors (Lipinski definition) is 3. The molecule has 0 atom stereocenters. The number of nitrogens with two attached hydrogens (primary N) is 1. The molecule has 0 bridgehead atoms. The van der Waals surface area contributed by atoms with Gasteiger partial charge in [0.05, 0.1) is 12.3 Å². The number of nitrogen functional groups attached to an aromatic ring is 1. The summed E-state index contributed by atoms with van der Waals surface area (Å²) in [7, 11) is 0. The third-order valence-corrected chi connectivity index (χ3v) is 2.87. The van der Waals surface area contributed by atoms with E-state index in [-0.39, 0.29) is 0 Å². The van der Waals surface area contributed by atoms with Crippen LogP contribution >= 0.6 is 0 Å². The lowest BCUT2D eigenvalue weighted by molar-refractivity contribution is 0.0948. The highest BCUT2D eigenvalue weighted by atomic mass is 16.5. The number of carbonyl (C=O) groups is 1. The number of ether oxygens (including phenoxy) is 1. The van der Waals surface area contributed by atoms with E-state index in [1.807, 2.05) is 24.3 Å². The summed E-state index contributed by atoms with van der Waals surface area (Å²) in [5.74, 6) is 5.50. The van der Waals surface area contributed by atoms with Crippen LogP contribution in [-0.2, 0) is 0 Å². The molecule has 0 aliphatic rings. The molecule has 1 amide bonds. The average molecular weight is 274 g/mol. The molecule has 0 aliphatic heterocycles. The molecular formula is C14H18N4O2. The second-order valence-electron chi connectivity index (χ2n) is 4.37. The number of H-pyrrole nitrogens is 1. The minimum absolute atomic E-state index is 0.325. The molecule has 0 aliphatic carbocycles. The molecule has 106 valence electrons. The number of hydrogen-bond acceptors (Lipinski definition) is 4. The van der Waals surface area contributed by atoms with Crippen molar-refractivity contribution < 1.29 is 9.53 Å². The maximum Gasteiger partial charge on any atom is 0.283 e. The molecule has 2 aromatic rings. The number of aromatic nitrogens is 2. The van der Waals surface area contributed by atoms with Gasteiger partial charge in [0.15, 0.2) is 0 Å². The van der Waals surface area contributed by atoms with Crippen LogP contribution in [0.1, 0.15) is 30.3 Å². The number of nitrogens with zero attached hydrogens (tertiary/aromatic N) is 1. The van der Waals surface area contributed by atoms with Crippen molar-refractivity contribution >= 4 is 5.91 Å². The Balaban J connectivity index is 2.06. The molecular weight excluding hydrogens is 256 g/mol. The summed E-state index contributed by atoms with van der Waals surface area (Å²) >= 11 is 0. The van der Waals surface area contributed by atoms with Gasteiger partial charge in [-0.3, -0.25) is 15.3 Å². The first-order chi connectivity index (χ1) is 9.74. The van der Waals surface area contributed by atoms with Crippen LogP contribution in [0.5, 0.6) is 5.75 Å². The maximum atomic E-state index is 11.3. The van der Waals surface area contributed by atoms with Gasteiger partial charge in [-0.25, -0.2) is 5.84 Å². The Morgan fingerprint density at radius 1 is 1.40 bits per heavy atom. The summed E-state index contributed by atoms with van der Waals surface area (Å²) < 4.78 is 5.59. The largest absolute Gasteiger partial charge is 0.494 e. The number of carbonyl (C=O) groups excluding carboxylic acids is 1. The first kappa shape index (κ1) is 14.1. The van der Waals surface area contributed by atoms with Crippen LogP contribution in [0.25, 0.3) is 11.3 Å². The molecule has 1 aromatic carbocycles. The van der Waals surface area contributed by atoms with E-state index >= 15 is 0 Å². The van der Waals surface area contributed by atoms with Gasteiger partial charge in [0.25, 0.3) is 5.91 Å². The van der Waals surface area contributed by atoms with Crippen molar-refractivity contribution in [2.75, 3.05) is 6.61 Å². The highest BCUT2D eigenvalue weighted by molar-refractivity contribution is 5.92. The second kappa shape index (κ2) is 6.72. The molecule has 20 heavy (non-hydrogen) atoms. The molecule has 6 nitrogen and oxygen atoms in total. The molecule has 1 aromatic heterocycles. The fourth-order valence-corrected chi connectivity index (χ4v) is 1.72. The predicted molar refractivity (Wildman–Crippen MR) is 76.1 cm³/mol. The maximum absolute atomic E-state index is 11.3. The molecule has 0 spiro atoms. The number of rotatable bonds is 6. The summed E-state index contributed by atoms with van der Waals surface area (Å²) in [6.45, 7) is 2.85. The highest BCUT2D eigenvalue weighted by Gasteiger charge is 2.09. The molecule has 0 fully saturated rings. The summed E-state index contributed by atoms with van der Waals surface area (Å²) in [4.78, 5) is 11.3. The number of amides is 1. The van der Waals surface area contributed by atoms with Crippen LogP contribution in [0.15, 0.2) is 30.3 Å². The summed E-state index contributed by atoms with van der Waals surface area (Å²) in [5, 5.41) is 6.72. The van der Waals surface area contributed by atoms with Crippen LogP contribution in [0.2, 0.25) is 0 Å². The van der Waals surface area contributed by atoms with Crippen molar-refractivity contribution in [3.63, 3.8) is 0 Å². The second-order valence-corrected chi connectivity index (χ2v) is 4.37. The van der Waals surface area contributed by atoms with Crippen LogP contribution in [-0.4, -0.2) is 22.7 Å². The van der Waals surface area contributed by atoms with E-state index in [2.05, 4.69) is 22.5 Å². The minimum Gasteiger partial charge on any atom is -0.494 e. The smallest absolute Gasteiger partial charge is 0.283 e.